The molecule has 0 aliphatic heterocycles. The number of rotatable bonds is 6. The predicted molar refractivity (Wildman–Crippen MR) is 99.7 cm³/mol. The standard InChI is InChI=1S/C19H22N6/c1-20-19(22-10-9-16-5-3-2-4-6-16)24-14-17-7-8-18(23-13-17)25-12-11-21-15-25/h2-8,11-13,15H,9-10,14H2,1H3,(H2,20,22,24). The van der Waals surface area contributed by atoms with E-state index in [9.17, 15) is 0 Å². The molecule has 6 heteroatoms. The second-order valence-electron chi connectivity index (χ2n) is 5.58. The van der Waals surface area contributed by atoms with Crippen LogP contribution in [0, 0.1) is 0 Å². The molecule has 0 amide bonds. The molecule has 3 rings (SSSR count). The van der Waals surface area contributed by atoms with Crippen LogP contribution in [0.25, 0.3) is 5.82 Å². The van der Waals surface area contributed by atoms with Gasteiger partial charge < -0.3 is 10.6 Å². The largest absolute Gasteiger partial charge is 0.356 e. The average Bonchev–Trinajstić information content (AvgIpc) is 3.20. The van der Waals surface area contributed by atoms with Crippen LogP contribution in [-0.2, 0) is 13.0 Å². The Kier molecular flexibility index (Phi) is 5.77. The molecular formula is C19H22N6. The quantitative estimate of drug-likeness (QED) is 0.536. The summed E-state index contributed by atoms with van der Waals surface area (Å²) >= 11 is 0. The summed E-state index contributed by atoms with van der Waals surface area (Å²) in [5.41, 5.74) is 2.40. The van der Waals surface area contributed by atoms with E-state index in [0.29, 0.717) is 6.54 Å². The molecule has 2 heterocycles. The zero-order valence-corrected chi connectivity index (χ0v) is 14.3. The Morgan fingerprint density at radius 3 is 2.64 bits per heavy atom. The van der Waals surface area contributed by atoms with Crippen LogP contribution in [0.15, 0.2) is 72.4 Å². The lowest BCUT2D eigenvalue weighted by atomic mass is 10.1. The fraction of sp³-hybridized carbons (Fsp3) is 0.211. The van der Waals surface area contributed by atoms with Crippen LogP contribution in [0.4, 0.5) is 0 Å². The summed E-state index contributed by atoms with van der Waals surface area (Å²) in [6.07, 6.45) is 8.17. The molecule has 3 aromatic rings. The van der Waals surface area contributed by atoms with Crippen molar-refractivity contribution in [2.24, 2.45) is 4.99 Å². The number of imidazole rings is 1. The van der Waals surface area contributed by atoms with Gasteiger partial charge in [0.25, 0.3) is 0 Å². The van der Waals surface area contributed by atoms with Crippen molar-refractivity contribution in [2.45, 2.75) is 13.0 Å². The van der Waals surface area contributed by atoms with E-state index in [1.54, 1.807) is 19.6 Å². The molecule has 0 saturated heterocycles. The summed E-state index contributed by atoms with van der Waals surface area (Å²) in [4.78, 5) is 12.7. The van der Waals surface area contributed by atoms with E-state index in [2.05, 4.69) is 49.9 Å². The summed E-state index contributed by atoms with van der Waals surface area (Å²) in [5.74, 6) is 1.64. The first kappa shape index (κ1) is 16.7. The van der Waals surface area contributed by atoms with Gasteiger partial charge in [-0.25, -0.2) is 9.97 Å². The van der Waals surface area contributed by atoms with Crippen LogP contribution in [0.5, 0.6) is 0 Å². The number of hydrogen-bond acceptors (Lipinski definition) is 3. The first-order valence-electron chi connectivity index (χ1n) is 8.27. The van der Waals surface area contributed by atoms with Gasteiger partial charge in [-0.1, -0.05) is 36.4 Å². The topological polar surface area (TPSA) is 67.1 Å². The number of nitrogens with zero attached hydrogens (tertiary/aromatic N) is 4. The Morgan fingerprint density at radius 2 is 1.96 bits per heavy atom. The summed E-state index contributed by atoms with van der Waals surface area (Å²) in [7, 11) is 1.78. The van der Waals surface area contributed by atoms with Crippen molar-refractivity contribution in [3.63, 3.8) is 0 Å². The van der Waals surface area contributed by atoms with Crippen LogP contribution in [0.3, 0.4) is 0 Å². The van der Waals surface area contributed by atoms with Gasteiger partial charge in [0.05, 0.1) is 0 Å². The molecule has 2 N–H and O–H groups in total. The molecule has 2 aromatic heterocycles. The highest BCUT2D eigenvalue weighted by Crippen LogP contribution is 2.05. The van der Waals surface area contributed by atoms with Crippen LogP contribution in [-0.4, -0.2) is 34.1 Å². The molecule has 0 aliphatic carbocycles. The average molecular weight is 334 g/mol. The second-order valence-corrected chi connectivity index (χ2v) is 5.58. The minimum Gasteiger partial charge on any atom is -0.356 e. The van der Waals surface area contributed by atoms with Crippen molar-refractivity contribution in [3.8, 4) is 5.82 Å². The van der Waals surface area contributed by atoms with Crippen molar-refractivity contribution >= 4 is 5.96 Å². The number of aliphatic imine (C=N–C) groups is 1. The Hall–Kier alpha value is -3.15. The fourth-order valence-corrected chi connectivity index (χ4v) is 2.44. The van der Waals surface area contributed by atoms with Crippen molar-refractivity contribution < 1.29 is 0 Å². The lowest BCUT2D eigenvalue weighted by Gasteiger charge is -2.12. The zero-order chi connectivity index (χ0) is 17.3. The smallest absolute Gasteiger partial charge is 0.191 e. The molecule has 128 valence electrons. The highest BCUT2D eigenvalue weighted by Gasteiger charge is 2.01. The predicted octanol–water partition coefficient (Wildman–Crippen LogP) is 2.17. The molecule has 0 aliphatic rings. The number of guanidine groups is 1. The van der Waals surface area contributed by atoms with Gasteiger partial charge in [0.1, 0.15) is 12.1 Å². The molecule has 0 bridgehead atoms. The molecule has 0 saturated carbocycles. The number of aromatic nitrogens is 3. The Labute approximate surface area is 147 Å². The molecule has 25 heavy (non-hydrogen) atoms. The van der Waals surface area contributed by atoms with Gasteiger partial charge in [-0.15, -0.1) is 0 Å². The van der Waals surface area contributed by atoms with E-state index in [0.717, 1.165) is 30.3 Å². The summed E-state index contributed by atoms with van der Waals surface area (Å²) in [6.45, 7) is 1.50. The van der Waals surface area contributed by atoms with E-state index in [1.807, 2.05) is 35.2 Å². The molecule has 0 unspecified atom stereocenters. The van der Waals surface area contributed by atoms with E-state index in [4.69, 9.17) is 0 Å². The minimum atomic E-state index is 0.669. The highest BCUT2D eigenvalue weighted by molar-refractivity contribution is 5.79. The van der Waals surface area contributed by atoms with E-state index in [-0.39, 0.29) is 0 Å². The Morgan fingerprint density at radius 1 is 1.08 bits per heavy atom. The first-order valence-corrected chi connectivity index (χ1v) is 8.27. The van der Waals surface area contributed by atoms with Crippen molar-refractivity contribution in [1.82, 2.24) is 25.2 Å². The maximum atomic E-state index is 4.45. The monoisotopic (exact) mass is 334 g/mol. The lowest BCUT2D eigenvalue weighted by molar-refractivity contribution is 0.792. The number of pyridine rings is 1. The normalized spacial score (nSPS) is 11.3. The van der Waals surface area contributed by atoms with Gasteiger partial charge in [-0.05, 0) is 23.6 Å². The van der Waals surface area contributed by atoms with Crippen molar-refractivity contribution in [1.29, 1.82) is 0 Å². The Bertz CT molecular complexity index is 779. The van der Waals surface area contributed by atoms with Crippen LogP contribution >= 0.6 is 0 Å². The summed E-state index contributed by atoms with van der Waals surface area (Å²) < 4.78 is 1.88. The fourth-order valence-electron chi connectivity index (χ4n) is 2.44. The summed E-state index contributed by atoms with van der Waals surface area (Å²) in [5, 5.41) is 6.63. The molecule has 1 aromatic carbocycles. The first-order chi connectivity index (χ1) is 12.3. The van der Waals surface area contributed by atoms with Gasteiger partial charge in [-0.3, -0.25) is 9.56 Å². The minimum absolute atomic E-state index is 0.669. The molecule has 0 radical (unpaired) electrons. The number of benzene rings is 1. The molecule has 0 fully saturated rings. The van der Waals surface area contributed by atoms with Crippen LogP contribution in [0.1, 0.15) is 11.1 Å². The van der Waals surface area contributed by atoms with Gasteiger partial charge in [0.2, 0.25) is 0 Å². The Balaban J connectivity index is 1.46. The van der Waals surface area contributed by atoms with Gasteiger partial charge in [0, 0.05) is 38.7 Å². The third kappa shape index (κ3) is 4.91. The van der Waals surface area contributed by atoms with Gasteiger partial charge >= 0.3 is 0 Å². The zero-order valence-electron chi connectivity index (χ0n) is 14.3. The lowest BCUT2D eigenvalue weighted by Crippen LogP contribution is -2.37. The van der Waals surface area contributed by atoms with Crippen LogP contribution in [0.2, 0.25) is 0 Å². The SMILES string of the molecule is CN=C(NCCc1ccccc1)NCc1ccc(-n2ccnc2)nc1. The van der Waals surface area contributed by atoms with E-state index < -0.39 is 0 Å². The number of hydrogen-bond donors (Lipinski definition) is 2. The molecular weight excluding hydrogens is 312 g/mol. The van der Waals surface area contributed by atoms with Crippen molar-refractivity contribution in [3.05, 3.63) is 78.5 Å². The highest BCUT2D eigenvalue weighted by atomic mass is 15.2. The molecule has 0 atom stereocenters. The van der Waals surface area contributed by atoms with Crippen molar-refractivity contribution in [2.75, 3.05) is 13.6 Å². The number of nitrogens with one attached hydrogen (secondary N) is 2. The van der Waals surface area contributed by atoms with E-state index >= 15 is 0 Å². The second kappa shape index (κ2) is 8.63. The van der Waals surface area contributed by atoms with Gasteiger partial charge in [0.15, 0.2) is 5.96 Å². The molecule has 6 nitrogen and oxygen atoms in total. The molecule has 0 spiro atoms. The van der Waals surface area contributed by atoms with Crippen LogP contribution < -0.4 is 10.6 Å². The summed E-state index contributed by atoms with van der Waals surface area (Å²) in [6, 6.07) is 14.4. The third-order valence-electron chi connectivity index (χ3n) is 3.81. The van der Waals surface area contributed by atoms with E-state index in [1.165, 1.54) is 5.56 Å². The maximum absolute atomic E-state index is 4.45. The maximum Gasteiger partial charge on any atom is 0.191 e. The third-order valence-corrected chi connectivity index (χ3v) is 3.81. The van der Waals surface area contributed by atoms with Gasteiger partial charge in [-0.2, -0.15) is 0 Å².